The molecule has 1 aromatic rings. The number of aliphatic hydroxyl groups is 1. The standard InChI is InChI=1S/C48H78O8Si/c1-11-16-18-19-20-21-23-38-31-42-45(53-34-37-24-26-40(50-8)27-25-37)44(39(33-49)28-30-47(42)35-54-46(6,7)55-36-47)41(38)32-43(56-57(13-3,14-4)15-5)48(51-9,52-10)29-22-17-12-2/h11-12,16-17,24-28,31,38,41,43-45,49H,13-15,18-23,29-30,32-36H2,1-10H3/b16-11+,17-12+/t38-,41+,43-,44-,45+/m1/s1. The van der Waals surface area contributed by atoms with Crippen molar-refractivity contribution in [2.45, 2.75) is 155 Å². The first kappa shape index (κ1) is 47.6. The van der Waals surface area contributed by atoms with Gasteiger partial charge in [-0.25, -0.2) is 0 Å². The van der Waals surface area contributed by atoms with E-state index in [1.165, 1.54) is 12.0 Å². The van der Waals surface area contributed by atoms with Crippen molar-refractivity contribution in [2.24, 2.45) is 23.2 Å². The number of hydrogen-bond acceptors (Lipinski definition) is 8. The van der Waals surface area contributed by atoms with Crippen LogP contribution in [-0.4, -0.2) is 78.4 Å². The van der Waals surface area contributed by atoms with Crippen LogP contribution < -0.4 is 4.74 Å². The monoisotopic (exact) mass is 811 g/mol. The van der Waals surface area contributed by atoms with E-state index >= 15 is 0 Å². The van der Waals surface area contributed by atoms with Crippen molar-refractivity contribution >= 4 is 8.32 Å². The minimum atomic E-state index is -2.16. The molecule has 9 heteroatoms. The zero-order valence-electron chi connectivity index (χ0n) is 37.3. The topological polar surface area (TPSA) is 84.8 Å². The molecule has 1 aromatic carbocycles. The number of aliphatic hydroxyl groups excluding tert-OH is 1. The van der Waals surface area contributed by atoms with Gasteiger partial charge in [-0.1, -0.05) is 82.2 Å². The minimum Gasteiger partial charge on any atom is -0.497 e. The molecule has 4 rings (SSSR count). The molecule has 1 fully saturated rings. The number of ether oxygens (including phenoxy) is 6. The van der Waals surface area contributed by atoms with Gasteiger partial charge in [-0.05, 0) is 125 Å². The van der Waals surface area contributed by atoms with E-state index in [4.69, 9.17) is 32.8 Å². The average Bonchev–Trinajstić information content (AvgIpc) is 3.32. The summed E-state index contributed by atoms with van der Waals surface area (Å²) in [4.78, 5) is 0. The third-order valence-corrected chi connectivity index (χ3v) is 18.2. The first-order valence-corrected chi connectivity index (χ1v) is 24.6. The fraction of sp³-hybridized carbons (Fsp3) is 0.708. The number of methoxy groups -OCH3 is 3. The van der Waals surface area contributed by atoms with Gasteiger partial charge >= 0.3 is 0 Å². The van der Waals surface area contributed by atoms with Crippen LogP contribution in [0.5, 0.6) is 5.75 Å². The van der Waals surface area contributed by atoms with E-state index in [2.05, 4.69) is 83.2 Å². The SMILES string of the molecule is C/C=C/CCCCC[C@@H]1C=C2[C@H](OCc3ccc(OC)cc3)[C@H](C(CO)=CCC23COC(C)(C)OC3)[C@H]1C[C@@H](O[Si](CC)(CC)CC)C(CC/C=C/C)(OC)OC. The third kappa shape index (κ3) is 11.8. The molecule has 8 nitrogen and oxygen atoms in total. The fourth-order valence-corrected chi connectivity index (χ4v) is 12.4. The predicted octanol–water partition coefficient (Wildman–Crippen LogP) is 11.1. The molecular formula is C48H78O8Si. The lowest BCUT2D eigenvalue weighted by atomic mass is 9.62. The second-order valence-electron chi connectivity index (χ2n) is 17.1. The molecule has 1 saturated heterocycles. The van der Waals surface area contributed by atoms with Crippen LogP contribution in [0.25, 0.3) is 0 Å². The second kappa shape index (κ2) is 22.5. The van der Waals surface area contributed by atoms with Crippen LogP contribution in [0.2, 0.25) is 18.1 Å². The molecule has 0 amide bonds. The maximum atomic E-state index is 11.4. The van der Waals surface area contributed by atoms with Gasteiger partial charge in [0.2, 0.25) is 0 Å². The molecule has 322 valence electrons. The van der Waals surface area contributed by atoms with E-state index in [0.29, 0.717) is 32.7 Å². The molecule has 1 heterocycles. The summed E-state index contributed by atoms with van der Waals surface area (Å²) in [6.45, 7) is 16.5. The Morgan fingerprint density at radius 1 is 0.912 bits per heavy atom. The summed E-state index contributed by atoms with van der Waals surface area (Å²) in [6.07, 6.45) is 21.5. The molecule has 2 aliphatic carbocycles. The maximum absolute atomic E-state index is 11.4. The number of hydrogen-bond donors (Lipinski definition) is 1. The van der Waals surface area contributed by atoms with Gasteiger partial charge in [0, 0.05) is 32.0 Å². The molecule has 0 aromatic heterocycles. The van der Waals surface area contributed by atoms with Crippen molar-refractivity contribution in [1.29, 1.82) is 0 Å². The summed E-state index contributed by atoms with van der Waals surface area (Å²) >= 11 is 0. The third-order valence-electron chi connectivity index (χ3n) is 13.5. The summed E-state index contributed by atoms with van der Waals surface area (Å²) in [7, 11) is 3.10. The minimum absolute atomic E-state index is 0.0414. The second-order valence-corrected chi connectivity index (χ2v) is 21.8. The number of unbranched alkanes of at least 4 members (excludes halogenated alkanes) is 3. The highest BCUT2D eigenvalue weighted by atomic mass is 28.4. The Balaban J connectivity index is 1.90. The Labute approximate surface area is 347 Å². The van der Waals surface area contributed by atoms with Gasteiger partial charge in [-0.2, -0.15) is 0 Å². The Morgan fingerprint density at radius 2 is 1.56 bits per heavy atom. The zero-order chi connectivity index (χ0) is 41.5. The Hall–Kier alpha value is -2.08. The number of allylic oxidation sites excluding steroid dienone is 6. The van der Waals surface area contributed by atoms with E-state index in [-0.39, 0.29) is 36.6 Å². The molecule has 5 atom stereocenters. The van der Waals surface area contributed by atoms with Gasteiger partial charge in [0.15, 0.2) is 19.9 Å². The smallest absolute Gasteiger partial charge is 0.193 e. The highest BCUT2D eigenvalue weighted by Gasteiger charge is 2.55. The molecule has 0 radical (unpaired) electrons. The van der Waals surface area contributed by atoms with Crippen LogP contribution in [-0.2, 0) is 34.7 Å². The summed E-state index contributed by atoms with van der Waals surface area (Å²) in [6, 6.07) is 11.2. The maximum Gasteiger partial charge on any atom is 0.193 e. The number of fused-ring (bicyclic) bond motifs is 3. The molecule has 1 N–H and O–H groups in total. The summed E-state index contributed by atoms with van der Waals surface area (Å²) in [5.41, 5.74) is 2.94. The van der Waals surface area contributed by atoms with Crippen LogP contribution >= 0.6 is 0 Å². The van der Waals surface area contributed by atoms with Crippen LogP contribution in [0.1, 0.15) is 112 Å². The first-order valence-electron chi connectivity index (χ1n) is 22.0. The average molecular weight is 811 g/mol. The highest BCUT2D eigenvalue weighted by Crippen LogP contribution is 2.55. The highest BCUT2D eigenvalue weighted by molar-refractivity contribution is 6.73. The number of rotatable bonds is 24. The van der Waals surface area contributed by atoms with E-state index in [1.54, 1.807) is 21.3 Å². The summed E-state index contributed by atoms with van der Waals surface area (Å²) < 4.78 is 46.3. The van der Waals surface area contributed by atoms with E-state index in [1.807, 2.05) is 26.0 Å². The predicted molar refractivity (Wildman–Crippen MR) is 234 cm³/mol. The van der Waals surface area contributed by atoms with E-state index < -0.39 is 25.3 Å². The molecular weight excluding hydrogens is 733 g/mol. The largest absolute Gasteiger partial charge is 0.497 e. The Bertz CT molecular complexity index is 1440. The van der Waals surface area contributed by atoms with Crippen molar-refractivity contribution in [1.82, 2.24) is 0 Å². The normalized spacial score (nSPS) is 24.1. The van der Waals surface area contributed by atoms with Crippen molar-refractivity contribution in [2.75, 3.05) is 41.2 Å². The van der Waals surface area contributed by atoms with Crippen LogP contribution in [0, 0.1) is 23.2 Å². The van der Waals surface area contributed by atoms with Crippen molar-refractivity contribution in [3.63, 3.8) is 0 Å². The Morgan fingerprint density at radius 3 is 2.14 bits per heavy atom. The van der Waals surface area contributed by atoms with Crippen molar-refractivity contribution in [3.05, 3.63) is 77.4 Å². The molecule has 0 unspecified atom stereocenters. The van der Waals surface area contributed by atoms with Gasteiger partial charge in [0.25, 0.3) is 0 Å². The zero-order valence-corrected chi connectivity index (χ0v) is 38.3. The quantitative estimate of drug-likeness (QED) is 0.0478. The lowest BCUT2D eigenvalue weighted by molar-refractivity contribution is -0.280. The van der Waals surface area contributed by atoms with Crippen molar-refractivity contribution in [3.8, 4) is 5.75 Å². The lowest BCUT2D eigenvalue weighted by Gasteiger charge is -2.51. The number of benzene rings is 1. The van der Waals surface area contributed by atoms with Gasteiger partial charge in [-0.3, -0.25) is 0 Å². The molecule has 3 aliphatic rings. The van der Waals surface area contributed by atoms with Crippen LogP contribution in [0.15, 0.2) is 71.9 Å². The fourth-order valence-electron chi connectivity index (χ4n) is 9.56. The van der Waals surface area contributed by atoms with Gasteiger partial charge < -0.3 is 38.0 Å². The molecule has 57 heavy (non-hydrogen) atoms. The lowest BCUT2D eigenvalue weighted by Crippen LogP contribution is -2.56. The molecule has 1 aliphatic heterocycles. The van der Waals surface area contributed by atoms with Gasteiger partial charge in [0.1, 0.15) is 5.75 Å². The molecule has 2 bridgehead atoms. The molecule has 0 saturated carbocycles. The van der Waals surface area contributed by atoms with E-state index in [0.717, 1.165) is 73.5 Å². The first-order chi connectivity index (χ1) is 27.5. The summed E-state index contributed by atoms with van der Waals surface area (Å²) in [5.74, 6) is -0.584. The van der Waals surface area contributed by atoms with Gasteiger partial charge in [-0.15, -0.1) is 0 Å². The summed E-state index contributed by atoms with van der Waals surface area (Å²) in [5, 5.41) is 11.4. The van der Waals surface area contributed by atoms with Crippen molar-refractivity contribution < 1.29 is 38.0 Å². The van der Waals surface area contributed by atoms with Crippen LogP contribution in [0.3, 0.4) is 0 Å². The Kier molecular flexibility index (Phi) is 18.8. The molecule has 1 spiro atoms. The van der Waals surface area contributed by atoms with E-state index in [9.17, 15) is 5.11 Å². The van der Waals surface area contributed by atoms with Gasteiger partial charge in [0.05, 0.1) is 45.7 Å². The van der Waals surface area contributed by atoms with Crippen LogP contribution in [0.4, 0.5) is 0 Å².